The van der Waals surface area contributed by atoms with Crippen molar-refractivity contribution in [3.63, 3.8) is 0 Å². The Morgan fingerprint density at radius 3 is 2.88 bits per heavy atom. The number of carbonyl (C=O) groups excluding carboxylic acids is 1. The molecular formula is C11H14ClN3OS. The number of hydrogen-bond donors (Lipinski definition) is 1. The molecule has 0 unspecified atom stereocenters. The lowest BCUT2D eigenvalue weighted by Gasteiger charge is -2.40. The molecular weight excluding hydrogens is 258 g/mol. The number of carbonyl (C=O) groups is 1. The fourth-order valence-electron chi connectivity index (χ4n) is 1.81. The van der Waals surface area contributed by atoms with E-state index in [1.54, 1.807) is 0 Å². The van der Waals surface area contributed by atoms with E-state index < -0.39 is 0 Å². The van der Waals surface area contributed by atoms with E-state index in [1.807, 2.05) is 11.8 Å². The van der Waals surface area contributed by atoms with Gasteiger partial charge in [0.25, 0.3) is 5.91 Å². The third kappa shape index (κ3) is 2.90. The maximum atomic E-state index is 11.8. The summed E-state index contributed by atoms with van der Waals surface area (Å²) in [6.45, 7) is 0.682. The second-order valence-corrected chi connectivity index (χ2v) is 5.81. The third-order valence-corrected chi connectivity index (χ3v) is 4.71. The van der Waals surface area contributed by atoms with Crippen LogP contribution in [0.2, 0.25) is 5.15 Å². The zero-order valence-corrected chi connectivity index (χ0v) is 11.1. The van der Waals surface area contributed by atoms with Crippen molar-refractivity contribution in [3.05, 3.63) is 23.2 Å². The number of nitrogens with zero attached hydrogens (tertiary/aromatic N) is 2. The number of rotatable bonds is 4. The summed E-state index contributed by atoms with van der Waals surface area (Å²) in [6, 6.07) is 0. The van der Waals surface area contributed by atoms with Gasteiger partial charge in [0.15, 0.2) is 0 Å². The van der Waals surface area contributed by atoms with Gasteiger partial charge in [-0.3, -0.25) is 9.78 Å². The van der Waals surface area contributed by atoms with Gasteiger partial charge >= 0.3 is 0 Å². The van der Waals surface area contributed by atoms with Crippen molar-refractivity contribution in [3.8, 4) is 0 Å². The predicted octanol–water partition coefficient (Wildman–Crippen LogP) is 2.15. The average Bonchev–Trinajstić information content (AvgIpc) is 2.28. The van der Waals surface area contributed by atoms with E-state index in [-0.39, 0.29) is 21.5 Å². The minimum atomic E-state index is -0.208. The quantitative estimate of drug-likeness (QED) is 0.912. The van der Waals surface area contributed by atoms with Crippen molar-refractivity contribution in [2.24, 2.45) is 0 Å². The molecule has 0 spiro atoms. The zero-order valence-electron chi connectivity index (χ0n) is 9.57. The smallest absolute Gasteiger partial charge is 0.271 e. The summed E-state index contributed by atoms with van der Waals surface area (Å²) in [5.41, 5.74) is 0.271. The van der Waals surface area contributed by atoms with Gasteiger partial charge in [0.05, 0.1) is 12.4 Å². The SMILES string of the molecule is CSC1(CNC(=O)c2cncc(Cl)n2)CCC1. The predicted molar refractivity (Wildman–Crippen MR) is 69.5 cm³/mol. The Kier molecular flexibility index (Phi) is 3.89. The third-order valence-electron chi connectivity index (χ3n) is 3.11. The van der Waals surface area contributed by atoms with Gasteiger partial charge in [0.2, 0.25) is 0 Å². The fraction of sp³-hybridized carbons (Fsp3) is 0.545. The van der Waals surface area contributed by atoms with Gasteiger partial charge < -0.3 is 5.32 Å². The molecule has 1 aliphatic rings. The highest BCUT2D eigenvalue weighted by molar-refractivity contribution is 8.00. The summed E-state index contributed by atoms with van der Waals surface area (Å²) in [5, 5.41) is 3.14. The summed E-state index contributed by atoms with van der Waals surface area (Å²) in [4.78, 5) is 19.6. The Balaban J connectivity index is 1.93. The van der Waals surface area contributed by atoms with E-state index in [0.29, 0.717) is 6.54 Å². The van der Waals surface area contributed by atoms with Crippen molar-refractivity contribution in [2.75, 3.05) is 12.8 Å². The number of aromatic nitrogens is 2. The highest BCUT2D eigenvalue weighted by Crippen LogP contribution is 2.42. The molecule has 0 radical (unpaired) electrons. The molecule has 1 heterocycles. The molecule has 0 saturated heterocycles. The fourth-order valence-corrected chi connectivity index (χ4v) is 2.87. The van der Waals surface area contributed by atoms with Gasteiger partial charge in [-0.1, -0.05) is 18.0 Å². The van der Waals surface area contributed by atoms with E-state index in [4.69, 9.17) is 11.6 Å². The molecule has 17 heavy (non-hydrogen) atoms. The molecule has 1 N–H and O–H groups in total. The van der Waals surface area contributed by atoms with Gasteiger partial charge in [-0.15, -0.1) is 0 Å². The lowest BCUT2D eigenvalue weighted by molar-refractivity contribution is 0.0938. The molecule has 1 aromatic heterocycles. The lowest BCUT2D eigenvalue weighted by atomic mass is 9.84. The molecule has 1 fully saturated rings. The maximum Gasteiger partial charge on any atom is 0.271 e. The topological polar surface area (TPSA) is 54.9 Å². The number of halogens is 1. The van der Waals surface area contributed by atoms with Crippen LogP contribution in [0.25, 0.3) is 0 Å². The first-order valence-corrected chi connectivity index (χ1v) is 7.06. The molecule has 0 aromatic carbocycles. The first kappa shape index (κ1) is 12.6. The van der Waals surface area contributed by atoms with Crippen LogP contribution in [-0.2, 0) is 0 Å². The van der Waals surface area contributed by atoms with Crippen LogP contribution in [0.4, 0.5) is 0 Å². The van der Waals surface area contributed by atoms with E-state index in [1.165, 1.54) is 18.8 Å². The molecule has 4 nitrogen and oxygen atoms in total. The molecule has 0 aliphatic heterocycles. The van der Waals surface area contributed by atoms with Crippen LogP contribution in [0.15, 0.2) is 12.4 Å². The lowest BCUT2D eigenvalue weighted by Crippen LogP contribution is -2.45. The number of thioether (sulfide) groups is 1. The monoisotopic (exact) mass is 271 g/mol. The summed E-state index contributed by atoms with van der Waals surface area (Å²) in [7, 11) is 0. The molecule has 1 aliphatic carbocycles. The summed E-state index contributed by atoms with van der Waals surface area (Å²) < 4.78 is 0.224. The van der Waals surface area contributed by atoms with Gasteiger partial charge in [-0.2, -0.15) is 11.8 Å². The van der Waals surface area contributed by atoms with Crippen molar-refractivity contribution in [1.29, 1.82) is 0 Å². The summed E-state index contributed by atoms with van der Waals surface area (Å²) >= 11 is 7.51. The van der Waals surface area contributed by atoms with Crippen molar-refractivity contribution >= 4 is 29.3 Å². The molecule has 1 saturated carbocycles. The Morgan fingerprint density at radius 1 is 1.59 bits per heavy atom. The largest absolute Gasteiger partial charge is 0.349 e. The number of hydrogen-bond acceptors (Lipinski definition) is 4. The van der Waals surface area contributed by atoms with E-state index >= 15 is 0 Å². The van der Waals surface area contributed by atoms with E-state index in [2.05, 4.69) is 21.5 Å². The first-order chi connectivity index (χ1) is 8.15. The van der Waals surface area contributed by atoms with Crippen molar-refractivity contribution in [2.45, 2.75) is 24.0 Å². The average molecular weight is 272 g/mol. The number of amides is 1. The van der Waals surface area contributed by atoms with Crippen LogP contribution in [0.1, 0.15) is 29.8 Å². The summed E-state index contributed by atoms with van der Waals surface area (Å²) in [6.07, 6.45) is 8.49. The molecule has 92 valence electrons. The van der Waals surface area contributed by atoms with Crippen LogP contribution in [0, 0.1) is 0 Å². The van der Waals surface area contributed by atoms with Crippen LogP contribution in [0.5, 0.6) is 0 Å². The second kappa shape index (κ2) is 5.23. The zero-order chi connectivity index (χ0) is 12.3. The molecule has 1 amide bonds. The molecule has 6 heteroatoms. The van der Waals surface area contributed by atoms with Crippen LogP contribution in [0.3, 0.4) is 0 Å². The Labute approximate surface area is 110 Å². The minimum Gasteiger partial charge on any atom is -0.349 e. The highest BCUT2D eigenvalue weighted by atomic mass is 35.5. The van der Waals surface area contributed by atoms with E-state index in [9.17, 15) is 4.79 Å². The van der Waals surface area contributed by atoms with Crippen LogP contribution < -0.4 is 5.32 Å². The standard InChI is InChI=1S/C11H14ClN3OS/c1-17-11(3-2-4-11)7-14-10(16)8-5-13-6-9(12)15-8/h5-6H,2-4,7H2,1H3,(H,14,16). The minimum absolute atomic E-state index is 0.208. The maximum absolute atomic E-state index is 11.8. The van der Waals surface area contributed by atoms with Crippen molar-refractivity contribution in [1.82, 2.24) is 15.3 Å². The van der Waals surface area contributed by atoms with Crippen LogP contribution >= 0.6 is 23.4 Å². The normalized spacial score (nSPS) is 17.3. The highest BCUT2D eigenvalue weighted by Gasteiger charge is 2.36. The summed E-state index contributed by atoms with van der Waals surface area (Å²) in [5.74, 6) is -0.208. The van der Waals surface area contributed by atoms with Crippen molar-refractivity contribution < 1.29 is 4.79 Å². The first-order valence-electron chi connectivity index (χ1n) is 5.46. The molecule has 2 rings (SSSR count). The van der Waals surface area contributed by atoms with Gasteiger partial charge in [0.1, 0.15) is 10.8 Å². The van der Waals surface area contributed by atoms with Gasteiger partial charge in [0, 0.05) is 11.3 Å². The number of nitrogens with one attached hydrogen (secondary N) is 1. The van der Waals surface area contributed by atoms with E-state index in [0.717, 1.165) is 12.8 Å². The van der Waals surface area contributed by atoms with Gasteiger partial charge in [-0.05, 0) is 19.1 Å². The Hall–Kier alpha value is -0.810. The molecule has 0 bridgehead atoms. The Morgan fingerprint density at radius 2 is 2.35 bits per heavy atom. The van der Waals surface area contributed by atoms with Crippen LogP contribution in [-0.4, -0.2) is 33.4 Å². The molecule has 1 aromatic rings. The second-order valence-electron chi connectivity index (χ2n) is 4.15. The Bertz CT molecular complexity index is 417. The van der Waals surface area contributed by atoms with Gasteiger partial charge in [-0.25, -0.2) is 4.98 Å². The molecule has 0 atom stereocenters.